The number of aromatic amines is 1. The number of carbonyl (C=O) groups is 2. The first-order valence-electron chi connectivity index (χ1n) is 13.4. The molecule has 41 heavy (non-hydrogen) atoms. The Labute approximate surface area is 234 Å². The Balaban J connectivity index is 0.000000493. The van der Waals surface area contributed by atoms with Crippen molar-refractivity contribution in [3.05, 3.63) is 87.7 Å². The van der Waals surface area contributed by atoms with Gasteiger partial charge in [-0.15, -0.1) is 0 Å². The quantitative estimate of drug-likeness (QED) is 0.297. The van der Waals surface area contributed by atoms with E-state index in [1.807, 2.05) is 19.1 Å². The number of anilines is 1. The second-order valence-electron chi connectivity index (χ2n) is 10.3. The Bertz CT molecular complexity index is 1430. The number of hydrogen-bond donors (Lipinski definition) is 4. The van der Waals surface area contributed by atoms with Gasteiger partial charge in [0.15, 0.2) is 0 Å². The lowest BCUT2D eigenvalue weighted by Gasteiger charge is -2.26. The van der Waals surface area contributed by atoms with Crippen LogP contribution in [0.5, 0.6) is 0 Å². The molecule has 2 aliphatic rings. The molecule has 1 saturated carbocycles. The molecular weight excluding hydrogens is 539 g/mol. The van der Waals surface area contributed by atoms with Crippen molar-refractivity contribution >= 4 is 17.6 Å². The summed E-state index contributed by atoms with van der Waals surface area (Å²) in [5, 5.41) is 20.2. The number of carboxylic acids is 2. The van der Waals surface area contributed by atoms with Crippen LogP contribution in [0.2, 0.25) is 0 Å². The van der Waals surface area contributed by atoms with Crippen LogP contribution in [0.25, 0.3) is 11.3 Å². The molecule has 5 rings (SSSR count). The van der Waals surface area contributed by atoms with Crippen LogP contribution < -0.4 is 15.8 Å². The van der Waals surface area contributed by atoms with Crippen LogP contribution in [0.1, 0.15) is 47.7 Å². The minimum absolute atomic E-state index is 0.213. The summed E-state index contributed by atoms with van der Waals surface area (Å²) in [7, 11) is 0. The number of benzene rings is 2. The largest absolute Gasteiger partial charge is 0.490 e. The summed E-state index contributed by atoms with van der Waals surface area (Å²) in [5.41, 5.74) is 4.43. The maximum absolute atomic E-state index is 12.2. The third-order valence-electron chi connectivity index (χ3n) is 7.74. The average Bonchev–Trinajstić information content (AvgIpc) is 3.58. The van der Waals surface area contributed by atoms with Gasteiger partial charge in [-0.2, -0.15) is 13.2 Å². The number of pyridine rings is 1. The molecule has 0 spiro atoms. The first kappa shape index (κ1) is 29.9. The van der Waals surface area contributed by atoms with Gasteiger partial charge in [-0.25, -0.2) is 9.59 Å². The van der Waals surface area contributed by atoms with Crippen LogP contribution in [0, 0.1) is 5.92 Å². The van der Waals surface area contributed by atoms with E-state index >= 15 is 0 Å². The van der Waals surface area contributed by atoms with Crippen LogP contribution in [0.4, 0.5) is 18.9 Å². The normalized spacial score (nSPS) is 17.5. The number of aryl methyl sites for hydroxylation is 1. The molecule has 1 aliphatic carbocycles. The van der Waals surface area contributed by atoms with E-state index in [4.69, 9.17) is 9.90 Å². The van der Waals surface area contributed by atoms with Crippen LogP contribution in [-0.4, -0.2) is 51.9 Å². The van der Waals surface area contributed by atoms with Crippen molar-refractivity contribution in [2.24, 2.45) is 5.92 Å². The highest BCUT2D eigenvalue weighted by Gasteiger charge is 2.50. The fourth-order valence-electron chi connectivity index (χ4n) is 5.29. The van der Waals surface area contributed by atoms with Crippen molar-refractivity contribution in [1.82, 2.24) is 10.3 Å². The lowest BCUT2D eigenvalue weighted by atomic mass is 9.96. The van der Waals surface area contributed by atoms with Crippen LogP contribution in [0.3, 0.4) is 0 Å². The number of halogens is 3. The number of H-pyrrole nitrogens is 1. The van der Waals surface area contributed by atoms with Gasteiger partial charge in [0.2, 0.25) is 0 Å². The Morgan fingerprint density at radius 2 is 1.71 bits per heavy atom. The van der Waals surface area contributed by atoms with E-state index in [-0.39, 0.29) is 11.1 Å². The van der Waals surface area contributed by atoms with Crippen molar-refractivity contribution in [3.8, 4) is 11.3 Å². The Morgan fingerprint density at radius 1 is 1.07 bits per heavy atom. The molecular formula is C30H32F3N3O5. The van der Waals surface area contributed by atoms with Gasteiger partial charge in [-0.05, 0) is 66.5 Å². The van der Waals surface area contributed by atoms with E-state index in [1.165, 1.54) is 36.6 Å². The molecule has 0 radical (unpaired) electrons. The van der Waals surface area contributed by atoms with E-state index in [0.717, 1.165) is 30.8 Å². The molecule has 8 nitrogen and oxygen atoms in total. The van der Waals surface area contributed by atoms with Crippen LogP contribution >= 0.6 is 0 Å². The molecule has 4 N–H and O–H groups in total. The molecule has 1 atom stereocenters. The molecule has 2 heterocycles. The van der Waals surface area contributed by atoms with Crippen molar-refractivity contribution in [1.29, 1.82) is 0 Å². The van der Waals surface area contributed by atoms with Crippen LogP contribution in [-0.2, 0) is 17.8 Å². The predicted molar refractivity (Wildman–Crippen MR) is 148 cm³/mol. The number of aromatic carboxylic acids is 1. The minimum Gasteiger partial charge on any atom is -0.477 e. The molecule has 1 aliphatic heterocycles. The predicted octanol–water partition coefficient (Wildman–Crippen LogP) is 5.08. The number of aromatic nitrogens is 1. The number of nitrogens with one attached hydrogen (secondary N) is 2. The molecule has 1 unspecified atom stereocenters. The zero-order valence-electron chi connectivity index (χ0n) is 22.5. The smallest absolute Gasteiger partial charge is 0.477 e. The number of rotatable bonds is 8. The van der Waals surface area contributed by atoms with Gasteiger partial charge in [-0.3, -0.25) is 4.79 Å². The third kappa shape index (κ3) is 7.15. The zero-order valence-corrected chi connectivity index (χ0v) is 22.5. The number of aliphatic carboxylic acids is 1. The van der Waals surface area contributed by atoms with Crippen LogP contribution in [0.15, 0.2) is 65.5 Å². The fourth-order valence-corrected chi connectivity index (χ4v) is 5.29. The highest BCUT2D eigenvalue weighted by atomic mass is 19.4. The summed E-state index contributed by atoms with van der Waals surface area (Å²) >= 11 is 0. The highest BCUT2D eigenvalue weighted by Crippen LogP contribution is 2.47. The van der Waals surface area contributed by atoms with Gasteiger partial charge < -0.3 is 25.4 Å². The number of alkyl halides is 3. The maximum Gasteiger partial charge on any atom is 0.490 e. The number of carboxylic acid groups (broad SMARTS) is 2. The Morgan fingerprint density at radius 3 is 2.24 bits per heavy atom. The topological polar surface area (TPSA) is 123 Å². The second kappa shape index (κ2) is 12.2. The summed E-state index contributed by atoms with van der Waals surface area (Å²) in [4.78, 5) is 37.7. The molecule has 1 aromatic heterocycles. The Hall–Kier alpha value is -4.12. The molecule has 2 aromatic carbocycles. The van der Waals surface area contributed by atoms with Crippen molar-refractivity contribution in [3.63, 3.8) is 0 Å². The van der Waals surface area contributed by atoms with Crippen molar-refractivity contribution in [2.75, 3.05) is 18.0 Å². The summed E-state index contributed by atoms with van der Waals surface area (Å²) in [6.45, 7) is 4.97. The lowest BCUT2D eigenvalue weighted by Crippen LogP contribution is -2.39. The SMILES string of the molecule is CCc1cc(C(=O)O)c(=O)[nH]c1-c1ccc(N2CCC(C3(NCc4ccccc4)CC3)C2)cc1.O=C(O)C(F)(F)F. The third-order valence-corrected chi connectivity index (χ3v) is 7.74. The van der Waals surface area contributed by atoms with Gasteiger partial charge in [0.25, 0.3) is 5.56 Å². The second-order valence-corrected chi connectivity index (χ2v) is 10.3. The van der Waals surface area contributed by atoms with Gasteiger partial charge in [-0.1, -0.05) is 49.4 Å². The zero-order chi connectivity index (χ0) is 29.8. The standard InChI is InChI=1S/C28H31N3O3.C2HF3O2/c1-2-20-16-24(27(33)34)26(32)30-25(20)21-8-10-23(11-9-21)31-15-12-22(18-31)28(13-14-28)29-17-19-6-4-3-5-7-19;3-2(4,5)1(6)7/h3-11,16,22,29H,2,12-15,17-18H2,1H3,(H,30,32)(H,33,34);(H,6,7). The monoisotopic (exact) mass is 571 g/mol. The molecule has 11 heteroatoms. The van der Waals surface area contributed by atoms with Gasteiger partial charge in [0, 0.05) is 30.9 Å². The summed E-state index contributed by atoms with van der Waals surface area (Å²) in [6.07, 6.45) is -0.763. The van der Waals surface area contributed by atoms with E-state index in [1.54, 1.807) is 0 Å². The summed E-state index contributed by atoms with van der Waals surface area (Å²) in [6, 6.07) is 20.4. The molecule has 0 amide bonds. The van der Waals surface area contributed by atoms with E-state index < -0.39 is 23.7 Å². The molecule has 3 aromatic rings. The molecule has 1 saturated heterocycles. The first-order chi connectivity index (χ1) is 19.4. The lowest BCUT2D eigenvalue weighted by molar-refractivity contribution is -0.192. The van der Waals surface area contributed by atoms with Gasteiger partial charge >= 0.3 is 18.1 Å². The van der Waals surface area contributed by atoms with E-state index in [2.05, 4.69) is 57.7 Å². The fraction of sp³-hybridized carbons (Fsp3) is 0.367. The Kier molecular flexibility index (Phi) is 8.86. The molecule has 2 fully saturated rings. The van der Waals surface area contributed by atoms with Gasteiger partial charge in [0.05, 0.1) is 5.69 Å². The minimum atomic E-state index is -5.08. The summed E-state index contributed by atoms with van der Waals surface area (Å²) < 4.78 is 31.7. The molecule has 0 bridgehead atoms. The maximum atomic E-state index is 12.2. The van der Waals surface area contributed by atoms with E-state index in [9.17, 15) is 27.9 Å². The number of nitrogens with zero attached hydrogens (tertiary/aromatic N) is 1. The van der Waals surface area contributed by atoms with Crippen molar-refractivity contribution < 1.29 is 33.0 Å². The van der Waals surface area contributed by atoms with Gasteiger partial charge in [0.1, 0.15) is 5.56 Å². The first-order valence-corrected chi connectivity index (χ1v) is 13.4. The highest BCUT2D eigenvalue weighted by molar-refractivity contribution is 5.88. The van der Waals surface area contributed by atoms with E-state index in [0.29, 0.717) is 18.0 Å². The summed E-state index contributed by atoms with van der Waals surface area (Å²) in [5.74, 6) is -3.32. The van der Waals surface area contributed by atoms with Crippen molar-refractivity contribution in [2.45, 2.75) is 50.9 Å². The molecule has 218 valence electrons. The number of hydrogen-bond acceptors (Lipinski definition) is 5. The average molecular weight is 572 g/mol.